The number of primary sulfonamides is 1. The molecule has 0 aliphatic carbocycles. The van der Waals surface area contributed by atoms with Crippen LogP contribution in [0.25, 0.3) is 0 Å². The standard InChI is InChI=1S/C12H15N5O3S/c1-17-8-10(15-16-17)5-6-12(18)14-9-3-2-4-11(7-9)21(13,19)20/h2-4,7-8H,5-6H2,1H3,(H,14,18)(H2,13,19,20). The van der Waals surface area contributed by atoms with E-state index in [4.69, 9.17) is 5.14 Å². The number of nitrogens with one attached hydrogen (secondary N) is 1. The van der Waals surface area contributed by atoms with Gasteiger partial charge >= 0.3 is 0 Å². The molecule has 9 heteroatoms. The highest BCUT2D eigenvalue weighted by Gasteiger charge is 2.10. The number of rotatable bonds is 5. The predicted molar refractivity (Wildman–Crippen MR) is 75.8 cm³/mol. The topological polar surface area (TPSA) is 120 Å². The van der Waals surface area contributed by atoms with Crippen molar-refractivity contribution >= 4 is 21.6 Å². The van der Waals surface area contributed by atoms with E-state index in [1.54, 1.807) is 24.0 Å². The maximum Gasteiger partial charge on any atom is 0.238 e. The summed E-state index contributed by atoms with van der Waals surface area (Å²) in [5.74, 6) is -0.243. The molecule has 0 bridgehead atoms. The Balaban J connectivity index is 1.96. The molecular weight excluding hydrogens is 294 g/mol. The van der Waals surface area contributed by atoms with Crippen LogP contribution in [-0.2, 0) is 28.3 Å². The summed E-state index contributed by atoms with van der Waals surface area (Å²) in [6, 6.07) is 5.78. The molecule has 1 aromatic carbocycles. The fraction of sp³-hybridized carbons (Fsp3) is 0.250. The predicted octanol–water partition coefficient (Wildman–Crippen LogP) is 0.0338. The van der Waals surface area contributed by atoms with E-state index >= 15 is 0 Å². The molecule has 2 aromatic rings. The Bertz CT molecular complexity index is 754. The second kappa shape index (κ2) is 6.02. The lowest BCUT2D eigenvalue weighted by Crippen LogP contribution is -2.15. The number of amides is 1. The molecule has 0 aliphatic heterocycles. The van der Waals surface area contributed by atoms with Crippen LogP contribution < -0.4 is 10.5 Å². The van der Waals surface area contributed by atoms with Gasteiger partial charge in [0, 0.05) is 31.8 Å². The zero-order valence-corrected chi connectivity index (χ0v) is 12.2. The fourth-order valence-electron chi connectivity index (χ4n) is 1.73. The highest BCUT2D eigenvalue weighted by Crippen LogP contribution is 2.14. The van der Waals surface area contributed by atoms with Crippen LogP contribution in [0.5, 0.6) is 0 Å². The minimum atomic E-state index is -3.79. The van der Waals surface area contributed by atoms with Crippen LogP contribution in [0.1, 0.15) is 12.1 Å². The Morgan fingerprint density at radius 1 is 1.43 bits per heavy atom. The molecule has 0 aliphatic rings. The molecular formula is C12H15N5O3S. The summed E-state index contributed by atoms with van der Waals surface area (Å²) in [6.07, 6.45) is 2.40. The highest BCUT2D eigenvalue weighted by molar-refractivity contribution is 7.89. The first-order valence-electron chi connectivity index (χ1n) is 6.12. The van der Waals surface area contributed by atoms with Crippen LogP contribution >= 0.6 is 0 Å². The minimum Gasteiger partial charge on any atom is -0.326 e. The van der Waals surface area contributed by atoms with Crippen LogP contribution in [0.3, 0.4) is 0 Å². The average molecular weight is 309 g/mol. The molecule has 1 amide bonds. The van der Waals surface area contributed by atoms with Crippen molar-refractivity contribution in [2.45, 2.75) is 17.7 Å². The number of aromatic nitrogens is 3. The Morgan fingerprint density at radius 2 is 2.19 bits per heavy atom. The van der Waals surface area contributed by atoms with E-state index in [2.05, 4.69) is 15.6 Å². The van der Waals surface area contributed by atoms with E-state index in [1.807, 2.05) is 0 Å². The third-order valence-electron chi connectivity index (χ3n) is 2.70. The molecule has 0 unspecified atom stereocenters. The van der Waals surface area contributed by atoms with E-state index in [-0.39, 0.29) is 17.2 Å². The smallest absolute Gasteiger partial charge is 0.238 e. The third kappa shape index (κ3) is 4.36. The molecule has 0 fully saturated rings. The van der Waals surface area contributed by atoms with Crippen LogP contribution in [0, 0.1) is 0 Å². The Kier molecular flexibility index (Phi) is 4.34. The van der Waals surface area contributed by atoms with Gasteiger partial charge in [0.25, 0.3) is 0 Å². The first-order chi connectivity index (χ1) is 9.84. The zero-order chi connectivity index (χ0) is 15.5. The van der Waals surface area contributed by atoms with Gasteiger partial charge in [-0.1, -0.05) is 11.3 Å². The molecule has 1 aromatic heterocycles. The number of hydrogen-bond donors (Lipinski definition) is 2. The second-order valence-electron chi connectivity index (χ2n) is 4.50. The SMILES string of the molecule is Cn1cc(CCC(=O)Nc2cccc(S(N)(=O)=O)c2)nn1. The summed E-state index contributed by atoms with van der Waals surface area (Å²) >= 11 is 0. The summed E-state index contributed by atoms with van der Waals surface area (Å²) in [6.45, 7) is 0. The normalized spacial score (nSPS) is 11.3. The monoisotopic (exact) mass is 309 g/mol. The minimum absolute atomic E-state index is 0.0470. The van der Waals surface area contributed by atoms with Gasteiger partial charge in [0.2, 0.25) is 15.9 Å². The fourth-order valence-corrected chi connectivity index (χ4v) is 2.29. The molecule has 0 atom stereocenters. The van der Waals surface area contributed by atoms with Gasteiger partial charge in [0.15, 0.2) is 0 Å². The lowest BCUT2D eigenvalue weighted by molar-refractivity contribution is -0.116. The van der Waals surface area contributed by atoms with Crippen LogP contribution in [0.4, 0.5) is 5.69 Å². The molecule has 8 nitrogen and oxygen atoms in total. The summed E-state index contributed by atoms with van der Waals surface area (Å²) in [7, 11) is -2.04. The largest absolute Gasteiger partial charge is 0.326 e. The number of nitrogens with zero attached hydrogens (tertiary/aromatic N) is 3. The number of sulfonamides is 1. The zero-order valence-electron chi connectivity index (χ0n) is 11.4. The molecule has 1 heterocycles. The summed E-state index contributed by atoms with van der Waals surface area (Å²) in [5, 5.41) is 15.3. The molecule has 0 saturated carbocycles. The maximum atomic E-state index is 11.8. The number of aryl methyl sites for hydroxylation is 2. The van der Waals surface area contributed by atoms with E-state index in [1.165, 1.54) is 18.2 Å². The number of nitrogens with two attached hydrogens (primary N) is 1. The van der Waals surface area contributed by atoms with Crippen molar-refractivity contribution in [1.82, 2.24) is 15.0 Å². The van der Waals surface area contributed by atoms with Gasteiger partial charge in [0.1, 0.15) is 0 Å². The number of hydrogen-bond acceptors (Lipinski definition) is 5. The molecule has 3 N–H and O–H groups in total. The molecule has 0 saturated heterocycles. The van der Waals surface area contributed by atoms with Gasteiger partial charge in [-0.15, -0.1) is 5.10 Å². The van der Waals surface area contributed by atoms with Crippen LogP contribution in [0.2, 0.25) is 0 Å². The highest BCUT2D eigenvalue weighted by atomic mass is 32.2. The van der Waals surface area contributed by atoms with Gasteiger partial charge in [0.05, 0.1) is 10.6 Å². The quantitative estimate of drug-likeness (QED) is 0.807. The number of benzene rings is 1. The maximum absolute atomic E-state index is 11.8. The summed E-state index contributed by atoms with van der Waals surface area (Å²) in [4.78, 5) is 11.8. The summed E-state index contributed by atoms with van der Waals surface area (Å²) in [5.41, 5.74) is 1.09. The molecule has 21 heavy (non-hydrogen) atoms. The second-order valence-corrected chi connectivity index (χ2v) is 6.07. The van der Waals surface area contributed by atoms with Crippen molar-refractivity contribution in [3.8, 4) is 0 Å². The molecule has 0 spiro atoms. The van der Waals surface area contributed by atoms with Crippen LogP contribution in [-0.4, -0.2) is 29.3 Å². The molecule has 2 rings (SSSR count). The first-order valence-corrected chi connectivity index (χ1v) is 7.67. The first kappa shape index (κ1) is 15.1. The van der Waals surface area contributed by atoms with E-state index < -0.39 is 10.0 Å². The molecule has 112 valence electrons. The van der Waals surface area contributed by atoms with Gasteiger partial charge in [-0.2, -0.15) is 0 Å². The van der Waals surface area contributed by atoms with Gasteiger partial charge < -0.3 is 5.32 Å². The van der Waals surface area contributed by atoms with Crippen LogP contribution in [0.15, 0.2) is 35.4 Å². The van der Waals surface area contributed by atoms with Crippen molar-refractivity contribution in [3.05, 3.63) is 36.2 Å². The van der Waals surface area contributed by atoms with Gasteiger partial charge in [-0.05, 0) is 18.2 Å². The van der Waals surface area contributed by atoms with Crippen molar-refractivity contribution < 1.29 is 13.2 Å². The lowest BCUT2D eigenvalue weighted by Gasteiger charge is -2.06. The average Bonchev–Trinajstić information content (AvgIpc) is 2.82. The van der Waals surface area contributed by atoms with Crippen molar-refractivity contribution in [2.24, 2.45) is 12.2 Å². The van der Waals surface area contributed by atoms with Crippen molar-refractivity contribution in [2.75, 3.05) is 5.32 Å². The lowest BCUT2D eigenvalue weighted by atomic mass is 10.2. The van der Waals surface area contributed by atoms with Gasteiger partial charge in [-0.25, -0.2) is 13.6 Å². The summed E-state index contributed by atoms with van der Waals surface area (Å²) < 4.78 is 24.0. The van der Waals surface area contributed by atoms with Gasteiger partial charge in [-0.3, -0.25) is 9.48 Å². The van der Waals surface area contributed by atoms with E-state index in [0.717, 1.165) is 0 Å². The number of anilines is 1. The Morgan fingerprint density at radius 3 is 2.81 bits per heavy atom. The van der Waals surface area contributed by atoms with E-state index in [0.29, 0.717) is 17.8 Å². The Labute approximate surface area is 122 Å². The van der Waals surface area contributed by atoms with Crippen molar-refractivity contribution in [3.63, 3.8) is 0 Å². The van der Waals surface area contributed by atoms with E-state index in [9.17, 15) is 13.2 Å². The molecule has 0 radical (unpaired) electrons. The Hall–Kier alpha value is -2.26. The number of carbonyl (C=O) groups excluding carboxylic acids is 1. The number of carbonyl (C=O) groups is 1. The third-order valence-corrected chi connectivity index (χ3v) is 3.62. The van der Waals surface area contributed by atoms with Crippen molar-refractivity contribution in [1.29, 1.82) is 0 Å².